The summed E-state index contributed by atoms with van der Waals surface area (Å²) >= 11 is 0. The molecule has 2 rings (SSSR count). The monoisotopic (exact) mass is 311 g/mol. The van der Waals surface area contributed by atoms with Crippen LogP contribution in [0.3, 0.4) is 0 Å². The second kappa shape index (κ2) is 5.57. The van der Waals surface area contributed by atoms with Crippen LogP contribution in [0, 0.1) is 0 Å². The molecule has 0 bridgehead atoms. The molecule has 1 aromatic carbocycles. The van der Waals surface area contributed by atoms with Crippen molar-refractivity contribution in [3.05, 3.63) is 41.7 Å². The third kappa shape index (κ3) is 3.22. The van der Waals surface area contributed by atoms with Crippen molar-refractivity contribution < 1.29 is 26.9 Å². The summed E-state index contributed by atoms with van der Waals surface area (Å²) in [6.45, 7) is 0.717. The highest BCUT2D eigenvalue weighted by Gasteiger charge is 2.34. The van der Waals surface area contributed by atoms with Crippen LogP contribution in [0.25, 0.3) is 0 Å². The number of amides is 1. The molecule has 1 aliphatic heterocycles. The lowest BCUT2D eigenvalue weighted by Gasteiger charge is -2.23. The first-order valence-corrected chi connectivity index (χ1v) is 7.31. The number of benzene rings is 1. The van der Waals surface area contributed by atoms with Gasteiger partial charge in [-0.1, -0.05) is 12.1 Å². The third-order valence-electron chi connectivity index (χ3n) is 2.76. The highest BCUT2D eigenvalue weighted by Crippen LogP contribution is 2.19. The normalized spacial score (nSPS) is 17.0. The predicted octanol–water partition coefficient (Wildman–Crippen LogP) is 0.885. The Bertz CT molecular complexity index is 722. The molecule has 0 aliphatic carbocycles. The summed E-state index contributed by atoms with van der Waals surface area (Å²) in [6, 6.07) is 6.22. The smallest absolute Gasteiger partial charge is 0.412 e. The van der Waals surface area contributed by atoms with Crippen LogP contribution >= 0.6 is 0 Å². The number of carbonyl (C=O) groups is 2. The van der Waals surface area contributed by atoms with Crippen molar-refractivity contribution in [3.8, 4) is 5.75 Å². The van der Waals surface area contributed by atoms with Gasteiger partial charge in [-0.3, -0.25) is 9.59 Å². The van der Waals surface area contributed by atoms with Crippen molar-refractivity contribution in [2.75, 3.05) is 13.7 Å². The lowest BCUT2D eigenvalue weighted by atomic mass is 10.1. The van der Waals surface area contributed by atoms with Gasteiger partial charge < -0.3 is 8.92 Å². The van der Waals surface area contributed by atoms with Gasteiger partial charge in [0.15, 0.2) is 5.78 Å². The molecule has 7 nitrogen and oxygen atoms in total. The number of ketones is 1. The number of ether oxygens (including phenoxy) is 1. The Morgan fingerprint density at radius 3 is 2.71 bits per heavy atom. The number of Topliss-reactive ketones (excluding diaryl/α,β-unsaturated/α-hetero) is 1. The molecule has 112 valence electrons. The minimum Gasteiger partial charge on any atom is -0.497 e. The van der Waals surface area contributed by atoms with Crippen molar-refractivity contribution in [2.45, 2.75) is 6.92 Å². The van der Waals surface area contributed by atoms with Crippen LogP contribution in [0.2, 0.25) is 0 Å². The molecule has 0 atom stereocenters. The summed E-state index contributed by atoms with van der Waals surface area (Å²) in [5.41, 5.74) is 0.239. The Hall–Kier alpha value is -2.35. The van der Waals surface area contributed by atoms with Gasteiger partial charge in [0.05, 0.1) is 7.11 Å². The Labute approximate surface area is 122 Å². The van der Waals surface area contributed by atoms with Gasteiger partial charge >= 0.3 is 10.3 Å². The number of hydrogen-bond acceptors (Lipinski definition) is 6. The molecule has 21 heavy (non-hydrogen) atoms. The first kappa shape index (κ1) is 15.0. The lowest BCUT2D eigenvalue weighted by molar-refractivity contribution is -0.122. The zero-order valence-electron chi connectivity index (χ0n) is 11.4. The minimum atomic E-state index is -4.28. The van der Waals surface area contributed by atoms with Crippen LogP contribution in [0.5, 0.6) is 5.75 Å². The molecule has 0 radical (unpaired) electrons. The number of hydrogen-bond donors (Lipinski definition) is 0. The maximum Gasteiger partial charge on any atom is 0.412 e. The number of allylic oxidation sites excluding steroid dienone is 1. The van der Waals surface area contributed by atoms with Gasteiger partial charge in [-0.15, -0.1) is 0 Å². The van der Waals surface area contributed by atoms with E-state index in [1.165, 1.54) is 26.2 Å². The second-order valence-corrected chi connectivity index (χ2v) is 5.76. The van der Waals surface area contributed by atoms with E-state index in [1.807, 2.05) is 0 Å². The van der Waals surface area contributed by atoms with Crippen LogP contribution in [0.1, 0.15) is 17.3 Å². The summed E-state index contributed by atoms with van der Waals surface area (Å²) in [5.74, 6) is -0.928. The van der Waals surface area contributed by atoms with Gasteiger partial charge in [0.25, 0.3) is 5.91 Å². The Morgan fingerprint density at radius 2 is 2.10 bits per heavy atom. The zero-order valence-corrected chi connectivity index (χ0v) is 12.2. The van der Waals surface area contributed by atoms with Crippen LogP contribution in [0.4, 0.5) is 0 Å². The average molecular weight is 311 g/mol. The van der Waals surface area contributed by atoms with E-state index in [9.17, 15) is 18.0 Å². The van der Waals surface area contributed by atoms with Crippen molar-refractivity contribution in [1.82, 2.24) is 4.31 Å². The molecule has 0 N–H and O–H groups in total. The van der Waals surface area contributed by atoms with E-state index >= 15 is 0 Å². The van der Waals surface area contributed by atoms with Gasteiger partial charge in [0.1, 0.15) is 18.1 Å². The molecule has 0 saturated carbocycles. The molecule has 0 fully saturated rings. The molecule has 0 unspecified atom stereocenters. The molecule has 0 aromatic heterocycles. The number of nitrogens with zero attached hydrogens (tertiary/aromatic N) is 1. The molecular formula is C13H13NO6S. The molecule has 0 spiro atoms. The van der Waals surface area contributed by atoms with Crippen LogP contribution in [-0.2, 0) is 19.3 Å². The average Bonchev–Trinajstić information content (AvgIpc) is 2.42. The first-order chi connectivity index (χ1) is 9.83. The Morgan fingerprint density at radius 1 is 1.38 bits per heavy atom. The fourth-order valence-corrected chi connectivity index (χ4v) is 2.79. The number of rotatable bonds is 4. The fraction of sp³-hybridized carbons (Fsp3) is 0.231. The van der Waals surface area contributed by atoms with Crippen molar-refractivity contribution in [3.63, 3.8) is 0 Å². The summed E-state index contributed by atoms with van der Waals surface area (Å²) in [7, 11) is -2.83. The molecule has 1 heterocycles. The van der Waals surface area contributed by atoms with Crippen molar-refractivity contribution in [1.29, 1.82) is 0 Å². The Balaban J connectivity index is 2.24. The zero-order chi connectivity index (χ0) is 15.6. The van der Waals surface area contributed by atoms with E-state index in [0.717, 1.165) is 6.08 Å². The molecule has 1 aromatic rings. The maximum absolute atomic E-state index is 12.1. The van der Waals surface area contributed by atoms with Crippen molar-refractivity contribution >= 4 is 22.0 Å². The van der Waals surface area contributed by atoms with Gasteiger partial charge in [-0.05, 0) is 19.1 Å². The fourth-order valence-electron chi connectivity index (χ4n) is 1.77. The maximum atomic E-state index is 12.1. The Kier molecular flexibility index (Phi) is 3.99. The molecule has 0 saturated heterocycles. The molecule has 1 amide bonds. The summed E-state index contributed by atoms with van der Waals surface area (Å²) in [6.07, 6.45) is 1.01. The first-order valence-electron chi connectivity index (χ1n) is 5.95. The van der Waals surface area contributed by atoms with Crippen molar-refractivity contribution in [2.24, 2.45) is 0 Å². The predicted molar refractivity (Wildman–Crippen MR) is 72.8 cm³/mol. The van der Waals surface area contributed by atoms with E-state index in [-0.39, 0.29) is 11.3 Å². The standard InChI is InChI=1S/C13H13NO6S/c1-9-6-13(16)14(21(17,18)20-9)8-12(15)10-4-3-5-11(7-10)19-2/h3-7H,8H2,1-2H3. The summed E-state index contributed by atoms with van der Waals surface area (Å²) < 4.78 is 33.5. The van der Waals surface area contributed by atoms with Gasteiger partial charge in [0.2, 0.25) is 0 Å². The van der Waals surface area contributed by atoms with Crippen LogP contribution in [-0.4, -0.2) is 38.1 Å². The van der Waals surface area contributed by atoms with Gasteiger partial charge in [-0.25, -0.2) is 0 Å². The van der Waals surface area contributed by atoms with E-state index in [4.69, 9.17) is 4.74 Å². The topological polar surface area (TPSA) is 90.0 Å². The molecule has 8 heteroatoms. The summed E-state index contributed by atoms with van der Waals surface area (Å²) in [5, 5.41) is 0. The van der Waals surface area contributed by atoms with E-state index in [2.05, 4.69) is 4.18 Å². The number of methoxy groups -OCH3 is 1. The molecular weight excluding hydrogens is 298 g/mol. The third-order valence-corrected chi connectivity index (χ3v) is 4.08. The quantitative estimate of drug-likeness (QED) is 0.767. The SMILES string of the molecule is COc1cccc(C(=O)CN2C(=O)C=C(C)OS2(=O)=O)c1. The second-order valence-electron chi connectivity index (χ2n) is 4.30. The molecule has 1 aliphatic rings. The highest BCUT2D eigenvalue weighted by atomic mass is 32.2. The van der Waals surface area contributed by atoms with Gasteiger partial charge in [0, 0.05) is 11.6 Å². The van der Waals surface area contributed by atoms with Crippen LogP contribution in [0.15, 0.2) is 36.1 Å². The minimum absolute atomic E-state index is 0.0370. The van der Waals surface area contributed by atoms with E-state index in [0.29, 0.717) is 10.1 Å². The van der Waals surface area contributed by atoms with Gasteiger partial charge in [-0.2, -0.15) is 12.7 Å². The van der Waals surface area contributed by atoms with E-state index < -0.39 is 28.5 Å². The van der Waals surface area contributed by atoms with Crippen LogP contribution < -0.4 is 4.74 Å². The number of carbonyl (C=O) groups excluding carboxylic acids is 2. The lowest BCUT2D eigenvalue weighted by Crippen LogP contribution is -2.42. The largest absolute Gasteiger partial charge is 0.497 e. The highest BCUT2D eigenvalue weighted by molar-refractivity contribution is 7.85. The van der Waals surface area contributed by atoms with E-state index in [1.54, 1.807) is 12.1 Å². The summed E-state index contributed by atoms with van der Waals surface area (Å²) in [4.78, 5) is 23.8.